The molecular weight excluding hydrogens is 593 g/mol. The van der Waals surface area contributed by atoms with Gasteiger partial charge in [-0.1, -0.05) is 71.2 Å². The second-order valence-corrected chi connectivity index (χ2v) is 13.6. The molecule has 0 spiro atoms. The summed E-state index contributed by atoms with van der Waals surface area (Å²) in [5.41, 5.74) is 0.926. The van der Waals surface area contributed by atoms with Gasteiger partial charge in [-0.05, 0) is 62.7 Å². The molecule has 3 aromatic rings. The molecule has 0 unspecified atom stereocenters. The first-order chi connectivity index (χ1) is 18.7. The average Bonchev–Trinajstić information content (AvgIpc) is 2.85. The molecule has 0 aliphatic heterocycles. The van der Waals surface area contributed by atoms with Gasteiger partial charge in [0.1, 0.15) is 12.6 Å². The largest absolute Gasteiger partial charge is 0.350 e. The topological polar surface area (TPSA) is 86.8 Å². The van der Waals surface area contributed by atoms with Crippen molar-refractivity contribution in [1.82, 2.24) is 10.2 Å². The second kappa shape index (κ2) is 13.3. The van der Waals surface area contributed by atoms with Gasteiger partial charge in [-0.15, -0.1) is 0 Å². The molecule has 0 aliphatic carbocycles. The van der Waals surface area contributed by atoms with Crippen LogP contribution in [0.5, 0.6) is 0 Å². The Kier molecular flexibility index (Phi) is 10.5. The lowest BCUT2D eigenvalue weighted by molar-refractivity contribution is -0.140. The molecule has 0 saturated heterocycles. The van der Waals surface area contributed by atoms with Gasteiger partial charge in [-0.3, -0.25) is 13.9 Å². The molecule has 0 heterocycles. The van der Waals surface area contributed by atoms with Gasteiger partial charge in [0, 0.05) is 39.1 Å². The third-order valence-corrected chi connectivity index (χ3v) is 8.05. The van der Waals surface area contributed by atoms with Crippen LogP contribution < -0.4 is 9.62 Å². The van der Waals surface area contributed by atoms with Crippen LogP contribution in [-0.4, -0.2) is 49.5 Å². The van der Waals surface area contributed by atoms with Crippen LogP contribution in [0, 0.1) is 0 Å². The number of halogens is 3. The van der Waals surface area contributed by atoms with Crippen LogP contribution in [0.1, 0.15) is 31.9 Å². The van der Waals surface area contributed by atoms with Crippen LogP contribution in [0.2, 0.25) is 15.1 Å². The minimum atomic E-state index is -3.89. The predicted octanol–water partition coefficient (Wildman–Crippen LogP) is 5.97. The smallest absolute Gasteiger partial charge is 0.244 e. The van der Waals surface area contributed by atoms with Crippen LogP contribution in [0.3, 0.4) is 0 Å². The molecule has 0 aromatic heterocycles. The highest BCUT2D eigenvalue weighted by molar-refractivity contribution is 7.92. The normalized spacial score (nSPS) is 12.5. The fourth-order valence-corrected chi connectivity index (χ4v) is 5.57. The number of nitrogens with zero attached hydrogens (tertiary/aromatic N) is 2. The highest BCUT2D eigenvalue weighted by atomic mass is 35.5. The Morgan fingerprint density at radius 3 is 1.98 bits per heavy atom. The molecule has 40 heavy (non-hydrogen) atoms. The molecule has 1 N–H and O–H groups in total. The number of rotatable bonds is 10. The van der Waals surface area contributed by atoms with Crippen molar-refractivity contribution in [2.45, 2.75) is 45.3 Å². The first-order valence-corrected chi connectivity index (χ1v) is 15.5. The van der Waals surface area contributed by atoms with Crippen LogP contribution in [-0.2, 0) is 32.6 Å². The van der Waals surface area contributed by atoms with Gasteiger partial charge >= 0.3 is 0 Å². The molecule has 11 heteroatoms. The van der Waals surface area contributed by atoms with Gasteiger partial charge in [-0.25, -0.2) is 8.42 Å². The van der Waals surface area contributed by atoms with Crippen LogP contribution in [0.4, 0.5) is 5.69 Å². The van der Waals surface area contributed by atoms with E-state index >= 15 is 0 Å². The van der Waals surface area contributed by atoms with Gasteiger partial charge in [-0.2, -0.15) is 0 Å². The number of hydrogen-bond acceptors (Lipinski definition) is 4. The Labute approximate surface area is 251 Å². The number of carbonyl (C=O) groups excluding carboxylic acids is 2. The van der Waals surface area contributed by atoms with E-state index in [2.05, 4.69) is 5.32 Å². The zero-order valence-electron chi connectivity index (χ0n) is 22.7. The molecule has 1 atom stereocenters. The summed E-state index contributed by atoms with van der Waals surface area (Å²) in [6.45, 7) is 4.84. The van der Waals surface area contributed by atoms with E-state index in [4.69, 9.17) is 34.8 Å². The molecule has 3 aromatic carbocycles. The summed E-state index contributed by atoms with van der Waals surface area (Å²) in [6.07, 6.45) is 1.19. The van der Waals surface area contributed by atoms with Gasteiger partial charge < -0.3 is 10.2 Å². The van der Waals surface area contributed by atoms with Gasteiger partial charge in [0.15, 0.2) is 0 Å². The molecule has 3 rings (SSSR count). The maximum Gasteiger partial charge on any atom is 0.244 e. The average molecular weight is 625 g/mol. The molecule has 0 bridgehead atoms. The van der Waals surface area contributed by atoms with Crippen LogP contribution >= 0.6 is 34.8 Å². The Hall–Kier alpha value is -2.78. The quantitative estimate of drug-likeness (QED) is 0.301. The Bertz CT molecular complexity index is 1420. The first-order valence-electron chi connectivity index (χ1n) is 12.5. The zero-order valence-corrected chi connectivity index (χ0v) is 25.8. The summed E-state index contributed by atoms with van der Waals surface area (Å²) < 4.78 is 26.6. The van der Waals surface area contributed by atoms with Crippen LogP contribution in [0.25, 0.3) is 0 Å². The SMILES string of the molecule is CC(C)(C)NC(=O)[C@H](Cc1ccccc1)N(Cc1c(Cl)cccc1Cl)C(=O)CN(c1ccc(Cl)cc1)S(C)(=O)=O. The van der Waals surface area contributed by atoms with Gasteiger partial charge in [0.2, 0.25) is 21.8 Å². The Morgan fingerprint density at radius 1 is 0.875 bits per heavy atom. The Morgan fingerprint density at radius 2 is 1.45 bits per heavy atom. The van der Waals surface area contributed by atoms with E-state index < -0.39 is 40.0 Å². The molecule has 0 fully saturated rings. The molecular formula is C29H32Cl3N3O4S. The van der Waals surface area contributed by atoms with Crippen molar-refractivity contribution in [2.24, 2.45) is 0 Å². The molecule has 0 radical (unpaired) electrons. The van der Waals surface area contributed by atoms with E-state index in [1.54, 1.807) is 18.2 Å². The summed E-state index contributed by atoms with van der Waals surface area (Å²) in [4.78, 5) is 29.2. The predicted molar refractivity (Wildman–Crippen MR) is 162 cm³/mol. The number of hydrogen-bond donors (Lipinski definition) is 1. The van der Waals surface area contributed by atoms with E-state index in [1.807, 2.05) is 51.1 Å². The van der Waals surface area contributed by atoms with E-state index in [1.165, 1.54) is 29.2 Å². The van der Waals surface area contributed by atoms with E-state index in [-0.39, 0.29) is 18.7 Å². The van der Waals surface area contributed by atoms with E-state index in [0.29, 0.717) is 20.6 Å². The highest BCUT2D eigenvalue weighted by Gasteiger charge is 2.35. The standard InChI is InChI=1S/C29H32Cl3N3O4S/c1-29(2,3)33-28(37)26(17-20-9-6-5-7-10-20)34(18-23-24(31)11-8-12-25(23)32)27(36)19-35(40(4,38)39)22-15-13-21(30)14-16-22/h5-16,26H,17-19H2,1-4H3,(H,33,37)/t26-/m0/s1. The Balaban J connectivity index is 2.11. The molecule has 7 nitrogen and oxygen atoms in total. The lowest BCUT2D eigenvalue weighted by Crippen LogP contribution is -2.56. The van der Waals surface area contributed by atoms with Gasteiger partial charge in [0.05, 0.1) is 11.9 Å². The summed E-state index contributed by atoms with van der Waals surface area (Å²) in [5, 5.41) is 4.02. The third-order valence-electron chi connectivity index (χ3n) is 5.95. The number of benzene rings is 3. The van der Waals surface area contributed by atoms with E-state index in [0.717, 1.165) is 16.1 Å². The maximum atomic E-state index is 14.1. The van der Waals surface area contributed by atoms with Crippen molar-refractivity contribution in [3.05, 3.63) is 99.0 Å². The molecule has 214 valence electrons. The minimum absolute atomic E-state index is 0.120. The highest BCUT2D eigenvalue weighted by Crippen LogP contribution is 2.28. The molecule has 2 amide bonds. The summed E-state index contributed by atoms with van der Waals surface area (Å²) in [5.74, 6) is -1.01. The third kappa shape index (κ3) is 8.86. The van der Waals surface area contributed by atoms with Crippen molar-refractivity contribution in [2.75, 3.05) is 17.1 Å². The second-order valence-electron chi connectivity index (χ2n) is 10.4. The number of anilines is 1. The monoisotopic (exact) mass is 623 g/mol. The van der Waals surface area contributed by atoms with Crippen molar-refractivity contribution in [3.63, 3.8) is 0 Å². The first kappa shape index (κ1) is 31.7. The van der Waals surface area contributed by atoms with Crippen LogP contribution in [0.15, 0.2) is 72.8 Å². The lowest BCUT2D eigenvalue weighted by atomic mass is 10.0. The minimum Gasteiger partial charge on any atom is -0.350 e. The summed E-state index contributed by atoms with van der Waals surface area (Å²) in [6, 6.07) is 19.3. The number of sulfonamides is 1. The van der Waals surface area contributed by atoms with Crippen molar-refractivity contribution in [1.29, 1.82) is 0 Å². The van der Waals surface area contributed by atoms with Gasteiger partial charge in [0.25, 0.3) is 0 Å². The fraction of sp³-hybridized carbons (Fsp3) is 0.310. The number of carbonyl (C=O) groups is 2. The molecule has 0 saturated carbocycles. The maximum absolute atomic E-state index is 14.1. The summed E-state index contributed by atoms with van der Waals surface area (Å²) >= 11 is 19.0. The van der Waals surface area contributed by atoms with Crippen molar-refractivity contribution in [3.8, 4) is 0 Å². The summed E-state index contributed by atoms with van der Waals surface area (Å²) in [7, 11) is -3.89. The lowest BCUT2D eigenvalue weighted by Gasteiger charge is -2.35. The van der Waals surface area contributed by atoms with E-state index in [9.17, 15) is 18.0 Å². The number of amides is 2. The van der Waals surface area contributed by atoms with Crippen molar-refractivity contribution >= 4 is 62.3 Å². The fourth-order valence-electron chi connectivity index (χ4n) is 4.08. The zero-order chi connectivity index (χ0) is 29.7. The molecule has 0 aliphatic rings. The van der Waals surface area contributed by atoms with Crippen molar-refractivity contribution < 1.29 is 18.0 Å². The number of nitrogens with one attached hydrogen (secondary N) is 1.